The minimum absolute atomic E-state index is 0.116. The Hall–Kier alpha value is -0.530. The molecule has 1 aliphatic heterocycles. The van der Waals surface area contributed by atoms with Gasteiger partial charge in [-0.05, 0) is 45.8 Å². The van der Waals surface area contributed by atoms with Crippen LogP contribution in [0.4, 0.5) is 4.79 Å². The van der Waals surface area contributed by atoms with Crippen LogP contribution in [0.25, 0.3) is 0 Å². The smallest absolute Gasteiger partial charge is 0.325 e. The average molecular weight is 349 g/mol. The number of amides is 3. The molecule has 1 saturated heterocycles. The fraction of sp³-hybridized carbons (Fsp3) is 0.455. The van der Waals surface area contributed by atoms with Gasteiger partial charge in [0.15, 0.2) is 0 Å². The second-order valence-corrected chi connectivity index (χ2v) is 6.74. The van der Waals surface area contributed by atoms with Gasteiger partial charge in [0.25, 0.3) is 5.91 Å². The molecule has 1 atom stereocenters. The summed E-state index contributed by atoms with van der Waals surface area (Å²) < 4.78 is 0.945. The van der Waals surface area contributed by atoms with Crippen molar-refractivity contribution in [2.24, 2.45) is 0 Å². The molecular formula is C11H13BrN2O2S2. The van der Waals surface area contributed by atoms with E-state index >= 15 is 0 Å². The Labute approximate surface area is 122 Å². The number of carbonyl (C=O) groups excluding carboxylic acids is 2. The van der Waals surface area contributed by atoms with Crippen LogP contribution in [0.5, 0.6) is 0 Å². The van der Waals surface area contributed by atoms with Gasteiger partial charge in [-0.25, -0.2) is 4.79 Å². The van der Waals surface area contributed by atoms with E-state index < -0.39 is 0 Å². The molecule has 0 unspecified atom stereocenters. The number of rotatable bonds is 5. The van der Waals surface area contributed by atoms with Gasteiger partial charge in [-0.3, -0.25) is 9.69 Å². The lowest BCUT2D eigenvalue weighted by Gasteiger charge is -2.12. The monoisotopic (exact) mass is 348 g/mol. The van der Waals surface area contributed by atoms with Crippen molar-refractivity contribution in [3.05, 3.63) is 20.8 Å². The summed E-state index contributed by atoms with van der Waals surface area (Å²) in [5.41, 5.74) is 0. The summed E-state index contributed by atoms with van der Waals surface area (Å²) >= 11 is 6.62. The maximum Gasteiger partial charge on any atom is 0.325 e. The molecule has 18 heavy (non-hydrogen) atoms. The van der Waals surface area contributed by atoms with Gasteiger partial charge in [-0.2, -0.15) is 11.8 Å². The van der Waals surface area contributed by atoms with Gasteiger partial charge in [0.2, 0.25) is 0 Å². The van der Waals surface area contributed by atoms with Crippen molar-refractivity contribution in [2.75, 3.05) is 12.0 Å². The molecule has 0 aliphatic carbocycles. The zero-order chi connectivity index (χ0) is 13.1. The molecule has 1 N–H and O–H groups in total. The van der Waals surface area contributed by atoms with Crippen LogP contribution >= 0.6 is 39.0 Å². The fourth-order valence-electron chi connectivity index (χ4n) is 1.74. The molecule has 3 amide bonds. The van der Waals surface area contributed by atoms with E-state index in [9.17, 15) is 9.59 Å². The fourth-order valence-corrected chi connectivity index (χ4v) is 3.68. The number of hydrogen-bond donors (Lipinski definition) is 1. The number of nitrogens with one attached hydrogen (secondary N) is 1. The van der Waals surface area contributed by atoms with E-state index in [4.69, 9.17) is 0 Å². The van der Waals surface area contributed by atoms with Crippen molar-refractivity contribution in [3.8, 4) is 0 Å². The summed E-state index contributed by atoms with van der Waals surface area (Å²) in [6.45, 7) is 0.346. The Morgan fingerprint density at radius 3 is 2.94 bits per heavy atom. The normalized spacial score (nSPS) is 19.4. The maximum absolute atomic E-state index is 12.1. The predicted molar refractivity (Wildman–Crippen MR) is 77.9 cm³/mol. The number of imide groups is 1. The second kappa shape index (κ2) is 6.08. The van der Waals surface area contributed by atoms with Gasteiger partial charge in [0.1, 0.15) is 6.04 Å². The molecule has 7 heteroatoms. The SMILES string of the molecule is CSCC[C@@H]1NC(=O)N(Cc2sccc2Br)C1=O. The van der Waals surface area contributed by atoms with Crippen molar-refractivity contribution >= 4 is 51.0 Å². The highest BCUT2D eigenvalue weighted by atomic mass is 79.9. The topological polar surface area (TPSA) is 49.4 Å². The largest absolute Gasteiger partial charge is 0.326 e. The standard InChI is InChI=1S/C11H13BrN2O2S2/c1-17-4-3-8-10(15)14(11(16)13-8)6-9-7(12)2-5-18-9/h2,5,8H,3-4,6H2,1H3,(H,13,16)/t8-/m0/s1. The van der Waals surface area contributed by atoms with Gasteiger partial charge in [-0.15, -0.1) is 11.3 Å². The average Bonchev–Trinajstić information content (AvgIpc) is 2.86. The highest BCUT2D eigenvalue weighted by molar-refractivity contribution is 9.10. The minimum Gasteiger partial charge on any atom is -0.326 e. The molecule has 0 bridgehead atoms. The lowest BCUT2D eigenvalue weighted by Crippen LogP contribution is -2.31. The van der Waals surface area contributed by atoms with Crippen LogP contribution in [-0.4, -0.2) is 34.9 Å². The minimum atomic E-state index is -0.358. The van der Waals surface area contributed by atoms with Gasteiger partial charge in [0, 0.05) is 9.35 Å². The highest BCUT2D eigenvalue weighted by Crippen LogP contribution is 2.25. The third-order valence-electron chi connectivity index (χ3n) is 2.71. The van der Waals surface area contributed by atoms with E-state index in [2.05, 4.69) is 21.2 Å². The third-order valence-corrected chi connectivity index (χ3v) is 5.27. The van der Waals surface area contributed by atoms with E-state index in [-0.39, 0.29) is 18.0 Å². The first-order valence-corrected chi connectivity index (χ1v) is 8.53. The molecule has 1 aromatic heterocycles. The Balaban J connectivity index is 2.03. The Morgan fingerprint density at radius 2 is 2.33 bits per heavy atom. The zero-order valence-electron chi connectivity index (χ0n) is 9.81. The number of urea groups is 1. The van der Waals surface area contributed by atoms with E-state index in [1.165, 1.54) is 16.2 Å². The summed E-state index contributed by atoms with van der Waals surface area (Å²) in [5.74, 6) is 0.752. The van der Waals surface area contributed by atoms with Gasteiger partial charge >= 0.3 is 6.03 Å². The van der Waals surface area contributed by atoms with Crippen molar-refractivity contribution in [1.82, 2.24) is 10.2 Å². The highest BCUT2D eigenvalue weighted by Gasteiger charge is 2.37. The van der Waals surface area contributed by atoms with Gasteiger partial charge in [0.05, 0.1) is 6.54 Å². The van der Waals surface area contributed by atoms with Crippen LogP contribution in [0.1, 0.15) is 11.3 Å². The maximum atomic E-state index is 12.1. The van der Waals surface area contributed by atoms with Crippen LogP contribution in [0.3, 0.4) is 0 Å². The molecule has 0 radical (unpaired) electrons. The van der Waals surface area contributed by atoms with Crippen LogP contribution in [0, 0.1) is 0 Å². The number of halogens is 1. The Kier molecular flexibility index (Phi) is 4.69. The van der Waals surface area contributed by atoms with Crippen LogP contribution in [-0.2, 0) is 11.3 Å². The lowest BCUT2D eigenvalue weighted by molar-refractivity contribution is -0.127. The first-order valence-electron chi connectivity index (χ1n) is 5.46. The first kappa shape index (κ1) is 13.9. The van der Waals surface area contributed by atoms with E-state index in [0.29, 0.717) is 13.0 Å². The van der Waals surface area contributed by atoms with Crippen molar-refractivity contribution in [2.45, 2.75) is 19.0 Å². The van der Waals surface area contributed by atoms with Crippen molar-refractivity contribution in [1.29, 1.82) is 0 Å². The quantitative estimate of drug-likeness (QED) is 0.832. The first-order chi connectivity index (χ1) is 8.63. The Bertz CT molecular complexity index is 464. The Morgan fingerprint density at radius 1 is 1.56 bits per heavy atom. The molecule has 1 aliphatic rings. The molecule has 98 valence electrons. The number of nitrogens with zero attached hydrogens (tertiary/aromatic N) is 1. The van der Waals surface area contributed by atoms with Gasteiger partial charge < -0.3 is 5.32 Å². The molecule has 0 spiro atoms. The molecule has 2 rings (SSSR count). The van der Waals surface area contributed by atoms with Crippen molar-refractivity contribution in [3.63, 3.8) is 0 Å². The van der Waals surface area contributed by atoms with E-state index in [1.54, 1.807) is 11.8 Å². The molecule has 0 saturated carbocycles. The second-order valence-electron chi connectivity index (χ2n) is 3.90. The summed E-state index contributed by atoms with van der Waals surface area (Å²) in [6.07, 6.45) is 2.68. The van der Waals surface area contributed by atoms with E-state index in [1.807, 2.05) is 17.7 Å². The lowest BCUT2D eigenvalue weighted by atomic mass is 10.2. The van der Waals surface area contributed by atoms with Gasteiger partial charge in [-0.1, -0.05) is 0 Å². The summed E-state index contributed by atoms with van der Waals surface area (Å²) in [5, 5.41) is 4.67. The summed E-state index contributed by atoms with van der Waals surface area (Å²) in [6, 6.07) is 1.28. The summed E-state index contributed by atoms with van der Waals surface area (Å²) in [7, 11) is 0. The van der Waals surface area contributed by atoms with Crippen molar-refractivity contribution < 1.29 is 9.59 Å². The number of hydrogen-bond acceptors (Lipinski definition) is 4. The number of thioether (sulfide) groups is 1. The molecule has 1 aromatic rings. The molecule has 4 nitrogen and oxygen atoms in total. The molecular weight excluding hydrogens is 336 g/mol. The van der Waals surface area contributed by atoms with Crippen LogP contribution in [0.15, 0.2) is 15.9 Å². The number of thiophene rings is 1. The van der Waals surface area contributed by atoms with E-state index in [0.717, 1.165) is 15.1 Å². The molecule has 1 fully saturated rings. The number of carbonyl (C=O) groups is 2. The molecule has 0 aromatic carbocycles. The third kappa shape index (κ3) is 2.89. The summed E-state index contributed by atoms with van der Waals surface area (Å²) in [4.78, 5) is 26.1. The predicted octanol–water partition coefficient (Wildman–Crippen LogP) is 2.68. The zero-order valence-corrected chi connectivity index (χ0v) is 13.0. The molecule has 2 heterocycles. The van der Waals surface area contributed by atoms with Crippen LogP contribution in [0.2, 0.25) is 0 Å². The van der Waals surface area contributed by atoms with Crippen LogP contribution < -0.4 is 5.32 Å².